The monoisotopic (exact) mass is 510 g/mol. The smallest absolute Gasteiger partial charge is 0.250 e. The molecule has 1 fully saturated rings. The van der Waals surface area contributed by atoms with Crippen LogP contribution in [0.25, 0.3) is 0 Å². The van der Waals surface area contributed by atoms with Gasteiger partial charge in [0.25, 0.3) is 5.56 Å². The van der Waals surface area contributed by atoms with Crippen molar-refractivity contribution < 1.29 is 5.11 Å². The fraction of sp³-hybridized carbons (Fsp3) is 0.333. The summed E-state index contributed by atoms with van der Waals surface area (Å²) in [6.07, 6.45) is 1.74. The number of β-amino-alcohol motifs (C(OH)–C–C–N with tert-alkyl or cyclic N) is 1. The Morgan fingerprint density at radius 3 is 2.51 bits per heavy atom. The van der Waals surface area contributed by atoms with Crippen molar-refractivity contribution in [1.82, 2.24) is 9.47 Å². The number of pyridine rings is 1. The molecule has 35 heavy (non-hydrogen) atoms. The average Bonchev–Trinajstić information content (AvgIpc) is 2.84. The molecule has 0 radical (unpaired) electrons. The van der Waals surface area contributed by atoms with Crippen LogP contribution in [0.4, 0.5) is 5.69 Å². The zero-order valence-corrected chi connectivity index (χ0v) is 21.3. The molecule has 1 aliphatic rings. The Morgan fingerprint density at radius 2 is 1.86 bits per heavy atom. The molecular formula is C27H28Cl2N4O2. The lowest BCUT2D eigenvalue weighted by atomic mass is 9.95. The van der Waals surface area contributed by atoms with E-state index in [0.29, 0.717) is 53.9 Å². The Hall–Kier alpha value is -2.82. The number of hydrogen-bond donors (Lipinski definition) is 1. The number of halogens is 2. The van der Waals surface area contributed by atoms with Crippen LogP contribution in [0.1, 0.15) is 36.6 Å². The summed E-state index contributed by atoms with van der Waals surface area (Å²) in [4.78, 5) is 16.5. The number of benzene rings is 2. The minimum absolute atomic E-state index is 0.0353. The molecule has 1 N–H and O–H groups in total. The molecule has 182 valence electrons. The van der Waals surface area contributed by atoms with Crippen molar-refractivity contribution in [3.63, 3.8) is 0 Å². The first-order valence-corrected chi connectivity index (χ1v) is 12.3. The minimum Gasteiger partial charge on any atom is -0.384 e. The number of nitrogens with zero attached hydrogens (tertiary/aromatic N) is 4. The number of hydrogen-bond acceptors (Lipinski definition) is 5. The van der Waals surface area contributed by atoms with Crippen LogP contribution >= 0.6 is 23.2 Å². The molecule has 1 saturated heterocycles. The number of aryl methyl sites for hydroxylation is 1. The van der Waals surface area contributed by atoms with E-state index >= 15 is 0 Å². The van der Waals surface area contributed by atoms with Crippen LogP contribution in [-0.2, 0) is 12.1 Å². The molecule has 3 aromatic rings. The summed E-state index contributed by atoms with van der Waals surface area (Å²) in [6.45, 7) is 6.70. The zero-order valence-electron chi connectivity index (χ0n) is 19.8. The van der Waals surface area contributed by atoms with Crippen molar-refractivity contribution in [3.05, 3.63) is 97.9 Å². The fourth-order valence-corrected chi connectivity index (χ4v) is 5.09. The maximum absolute atomic E-state index is 12.0. The summed E-state index contributed by atoms with van der Waals surface area (Å²) >= 11 is 12.7. The molecule has 6 nitrogen and oxygen atoms in total. The predicted octanol–water partition coefficient (Wildman–Crippen LogP) is 4.82. The van der Waals surface area contributed by atoms with Gasteiger partial charge in [-0.2, -0.15) is 5.26 Å². The maximum atomic E-state index is 12.0. The third-order valence-electron chi connectivity index (χ3n) is 6.58. The van der Waals surface area contributed by atoms with Gasteiger partial charge in [-0.1, -0.05) is 35.3 Å². The molecule has 4 rings (SSSR count). The molecule has 1 aromatic heterocycles. The molecule has 2 heterocycles. The van der Waals surface area contributed by atoms with Gasteiger partial charge in [0, 0.05) is 55.6 Å². The van der Waals surface area contributed by atoms with Gasteiger partial charge in [-0.3, -0.25) is 9.69 Å². The van der Waals surface area contributed by atoms with Crippen LogP contribution in [0.15, 0.2) is 65.6 Å². The number of anilines is 1. The SMILES string of the molecule is CCn1cc([C@](C)(O)CN2CCN(c3ccc(C#N)cc3Cl)[C@H](c3ccc(Cl)cc3)C2)ccc1=O. The Morgan fingerprint density at radius 1 is 1.11 bits per heavy atom. The summed E-state index contributed by atoms with van der Waals surface area (Å²) in [6, 6.07) is 18.4. The second-order valence-electron chi connectivity index (χ2n) is 9.09. The van der Waals surface area contributed by atoms with Crippen molar-refractivity contribution in [3.8, 4) is 6.07 Å². The molecular weight excluding hydrogens is 483 g/mol. The number of aliphatic hydroxyl groups is 1. The van der Waals surface area contributed by atoms with Gasteiger partial charge in [0.15, 0.2) is 0 Å². The van der Waals surface area contributed by atoms with E-state index in [1.807, 2.05) is 37.3 Å². The Balaban J connectivity index is 1.62. The van der Waals surface area contributed by atoms with Crippen molar-refractivity contribution in [1.29, 1.82) is 5.26 Å². The van der Waals surface area contributed by atoms with Crippen LogP contribution in [0.3, 0.4) is 0 Å². The first-order chi connectivity index (χ1) is 16.7. The summed E-state index contributed by atoms with van der Waals surface area (Å²) in [5, 5.41) is 21.8. The zero-order chi connectivity index (χ0) is 25.2. The van der Waals surface area contributed by atoms with E-state index in [9.17, 15) is 15.2 Å². The van der Waals surface area contributed by atoms with Crippen LogP contribution < -0.4 is 10.5 Å². The van der Waals surface area contributed by atoms with E-state index in [1.165, 1.54) is 6.07 Å². The number of piperazine rings is 1. The van der Waals surface area contributed by atoms with Crippen molar-refractivity contribution >= 4 is 28.9 Å². The first-order valence-electron chi connectivity index (χ1n) is 11.6. The molecule has 0 saturated carbocycles. The Labute approximate surface area is 215 Å². The molecule has 0 unspecified atom stereocenters. The van der Waals surface area contributed by atoms with Gasteiger partial charge in [-0.15, -0.1) is 0 Å². The third kappa shape index (κ3) is 5.55. The average molecular weight is 511 g/mol. The van der Waals surface area contributed by atoms with E-state index in [1.54, 1.807) is 35.9 Å². The number of aromatic nitrogens is 1. The van der Waals surface area contributed by atoms with E-state index in [4.69, 9.17) is 23.2 Å². The fourth-order valence-electron chi connectivity index (χ4n) is 4.67. The van der Waals surface area contributed by atoms with Crippen LogP contribution in [-0.4, -0.2) is 40.8 Å². The highest BCUT2D eigenvalue weighted by Gasteiger charge is 2.34. The first kappa shape index (κ1) is 25.3. The summed E-state index contributed by atoms with van der Waals surface area (Å²) in [7, 11) is 0. The van der Waals surface area contributed by atoms with E-state index in [2.05, 4.69) is 15.9 Å². The lowest BCUT2D eigenvalue weighted by Gasteiger charge is -2.45. The van der Waals surface area contributed by atoms with Crippen molar-refractivity contribution in [2.75, 3.05) is 31.1 Å². The summed E-state index contributed by atoms with van der Waals surface area (Å²) in [5.41, 5.74) is 1.96. The van der Waals surface area contributed by atoms with Gasteiger partial charge < -0.3 is 14.6 Å². The lowest BCUT2D eigenvalue weighted by Crippen LogP contribution is -2.52. The maximum Gasteiger partial charge on any atom is 0.250 e. The third-order valence-corrected chi connectivity index (χ3v) is 7.14. The van der Waals surface area contributed by atoms with Crippen molar-refractivity contribution in [2.45, 2.75) is 32.0 Å². The predicted molar refractivity (Wildman–Crippen MR) is 140 cm³/mol. The molecule has 2 atom stereocenters. The number of nitriles is 1. The van der Waals surface area contributed by atoms with Gasteiger partial charge in [0.05, 0.1) is 28.4 Å². The number of rotatable bonds is 6. The Bertz CT molecular complexity index is 1300. The lowest BCUT2D eigenvalue weighted by molar-refractivity contribution is 0.00972. The van der Waals surface area contributed by atoms with Crippen LogP contribution in [0.5, 0.6) is 0 Å². The standard InChI is InChI=1S/C27H28Cl2N4O2/c1-3-32-16-21(7-11-26(32)34)27(2,35)18-31-12-13-33(24-10-4-19(15-30)14-23(24)29)25(17-31)20-5-8-22(28)9-6-20/h4-11,14,16,25,35H,3,12-13,17-18H2,1-2H3/t25-,27+/m0/s1. The molecule has 2 aromatic carbocycles. The summed E-state index contributed by atoms with van der Waals surface area (Å²) < 4.78 is 1.60. The molecule has 0 bridgehead atoms. The Kier molecular flexibility index (Phi) is 7.53. The largest absolute Gasteiger partial charge is 0.384 e. The minimum atomic E-state index is -1.14. The highest BCUT2D eigenvalue weighted by atomic mass is 35.5. The van der Waals surface area contributed by atoms with E-state index < -0.39 is 5.60 Å². The van der Waals surface area contributed by atoms with Gasteiger partial charge in [0.2, 0.25) is 0 Å². The normalized spacial score (nSPS) is 18.2. The quantitative estimate of drug-likeness (QED) is 0.514. The van der Waals surface area contributed by atoms with Gasteiger partial charge >= 0.3 is 0 Å². The summed E-state index contributed by atoms with van der Waals surface area (Å²) in [5.74, 6) is 0. The van der Waals surface area contributed by atoms with Crippen molar-refractivity contribution in [2.24, 2.45) is 0 Å². The van der Waals surface area contributed by atoms with Crippen LogP contribution in [0.2, 0.25) is 10.0 Å². The topological polar surface area (TPSA) is 72.5 Å². The van der Waals surface area contributed by atoms with Crippen LogP contribution in [0, 0.1) is 11.3 Å². The highest BCUT2D eigenvalue weighted by Crippen LogP contribution is 2.37. The molecule has 0 spiro atoms. The second-order valence-corrected chi connectivity index (χ2v) is 9.93. The van der Waals surface area contributed by atoms with Gasteiger partial charge in [-0.05, 0) is 55.8 Å². The molecule has 8 heteroatoms. The van der Waals surface area contributed by atoms with Gasteiger partial charge in [-0.25, -0.2) is 0 Å². The van der Waals surface area contributed by atoms with E-state index in [-0.39, 0.29) is 11.6 Å². The highest BCUT2D eigenvalue weighted by molar-refractivity contribution is 6.33. The molecule has 1 aliphatic heterocycles. The van der Waals surface area contributed by atoms with E-state index in [0.717, 1.165) is 11.3 Å². The molecule has 0 amide bonds. The molecule has 0 aliphatic carbocycles. The second kappa shape index (κ2) is 10.4. The van der Waals surface area contributed by atoms with Gasteiger partial charge in [0.1, 0.15) is 5.60 Å².